The summed E-state index contributed by atoms with van der Waals surface area (Å²) in [6, 6.07) is 6.52. The molecule has 0 bridgehead atoms. The van der Waals surface area contributed by atoms with E-state index in [1.54, 1.807) is 22.7 Å². The van der Waals surface area contributed by atoms with E-state index in [2.05, 4.69) is 36.7 Å². The van der Waals surface area contributed by atoms with Crippen LogP contribution in [0.4, 0.5) is 0 Å². The predicted molar refractivity (Wildman–Crippen MR) is 79.2 cm³/mol. The summed E-state index contributed by atoms with van der Waals surface area (Å²) in [4.78, 5) is 1.34. The molecule has 0 aliphatic heterocycles. The summed E-state index contributed by atoms with van der Waals surface area (Å²) in [5, 5.41) is 19.7. The minimum absolute atomic E-state index is 0.318. The average Bonchev–Trinajstić information content (AvgIpc) is 3.01. The third-order valence-electron chi connectivity index (χ3n) is 2.98. The second-order valence-electron chi connectivity index (χ2n) is 4.72. The lowest BCUT2D eigenvalue weighted by Gasteiger charge is -2.23. The molecule has 2 atom stereocenters. The van der Waals surface area contributed by atoms with E-state index in [1.165, 1.54) is 4.88 Å². The van der Waals surface area contributed by atoms with Crippen molar-refractivity contribution in [2.45, 2.75) is 26.0 Å². The summed E-state index contributed by atoms with van der Waals surface area (Å²) in [6.07, 6.45) is -0.419. The highest BCUT2D eigenvalue weighted by Crippen LogP contribution is 2.26. The van der Waals surface area contributed by atoms with Gasteiger partial charge in [0.05, 0.1) is 6.10 Å². The molecule has 0 saturated heterocycles. The Morgan fingerprint density at radius 2 is 2.11 bits per heavy atom. The van der Waals surface area contributed by atoms with Crippen molar-refractivity contribution in [1.82, 2.24) is 5.32 Å². The number of hydrogen-bond acceptors (Lipinski definition) is 4. The van der Waals surface area contributed by atoms with Crippen LogP contribution < -0.4 is 5.32 Å². The van der Waals surface area contributed by atoms with Gasteiger partial charge in [-0.15, -0.1) is 11.3 Å². The van der Waals surface area contributed by atoms with Gasteiger partial charge in [-0.25, -0.2) is 0 Å². The van der Waals surface area contributed by atoms with Crippen molar-refractivity contribution < 1.29 is 5.11 Å². The lowest BCUT2D eigenvalue weighted by molar-refractivity contribution is 0.166. The molecule has 0 spiro atoms. The number of aliphatic hydroxyl groups excluding tert-OH is 1. The maximum absolute atomic E-state index is 10.1. The molecule has 0 aliphatic carbocycles. The van der Waals surface area contributed by atoms with E-state index in [1.807, 2.05) is 16.8 Å². The predicted octanol–water partition coefficient (Wildman–Crippen LogP) is 3.83. The van der Waals surface area contributed by atoms with Crippen LogP contribution in [-0.4, -0.2) is 11.7 Å². The molecule has 98 valence electrons. The smallest absolute Gasteiger partial charge is 0.0922 e. The molecule has 0 saturated carbocycles. The highest BCUT2D eigenvalue weighted by Gasteiger charge is 2.18. The number of thiophene rings is 2. The summed E-state index contributed by atoms with van der Waals surface area (Å²) in [7, 11) is 0. The Balaban J connectivity index is 1.94. The molecule has 0 amide bonds. The fourth-order valence-electron chi connectivity index (χ4n) is 1.95. The number of hydrogen-bond donors (Lipinski definition) is 2. The Hall–Kier alpha value is -0.680. The van der Waals surface area contributed by atoms with Gasteiger partial charge in [-0.3, -0.25) is 0 Å². The van der Waals surface area contributed by atoms with Gasteiger partial charge in [0.1, 0.15) is 0 Å². The van der Waals surface area contributed by atoms with Crippen LogP contribution in [0.15, 0.2) is 34.3 Å². The van der Waals surface area contributed by atoms with Gasteiger partial charge < -0.3 is 10.4 Å². The maximum atomic E-state index is 10.1. The van der Waals surface area contributed by atoms with Crippen molar-refractivity contribution in [2.24, 2.45) is 5.92 Å². The molecular formula is C14H19NOS2. The fourth-order valence-corrected chi connectivity index (χ4v) is 3.63. The first kappa shape index (κ1) is 13.7. The quantitative estimate of drug-likeness (QED) is 0.843. The zero-order valence-electron chi connectivity index (χ0n) is 10.7. The maximum Gasteiger partial charge on any atom is 0.0922 e. The molecule has 2 aromatic heterocycles. The van der Waals surface area contributed by atoms with Gasteiger partial charge in [-0.2, -0.15) is 11.3 Å². The van der Waals surface area contributed by atoms with Crippen LogP contribution in [0, 0.1) is 5.92 Å². The van der Waals surface area contributed by atoms with Gasteiger partial charge in [-0.1, -0.05) is 19.9 Å². The summed E-state index contributed by atoms with van der Waals surface area (Å²) >= 11 is 3.39. The van der Waals surface area contributed by atoms with Crippen molar-refractivity contribution in [3.63, 3.8) is 0 Å². The standard InChI is InChI=1S/C14H19NOS2/c1-10(2)14(13-4-3-6-18-13)15-8-12(16)11-5-7-17-9-11/h3-7,9-10,12,14-16H,8H2,1-2H3. The third-order valence-corrected chi connectivity index (χ3v) is 4.63. The minimum Gasteiger partial charge on any atom is -0.387 e. The van der Waals surface area contributed by atoms with E-state index in [0.29, 0.717) is 18.5 Å². The molecular weight excluding hydrogens is 262 g/mol. The molecule has 2 nitrogen and oxygen atoms in total. The van der Waals surface area contributed by atoms with E-state index in [4.69, 9.17) is 0 Å². The molecule has 2 rings (SSSR count). The highest BCUT2D eigenvalue weighted by atomic mass is 32.1. The largest absolute Gasteiger partial charge is 0.387 e. The van der Waals surface area contributed by atoms with Crippen LogP contribution in [0.5, 0.6) is 0 Å². The fraction of sp³-hybridized carbons (Fsp3) is 0.429. The van der Waals surface area contributed by atoms with E-state index >= 15 is 0 Å². The Labute approximate surface area is 116 Å². The third kappa shape index (κ3) is 3.42. The topological polar surface area (TPSA) is 32.3 Å². The lowest BCUT2D eigenvalue weighted by atomic mass is 10.0. The van der Waals surface area contributed by atoms with E-state index in [9.17, 15) is 5.11 Å². The Kier molecular flexibility index (Phi) is 4.95. The monoisotopic (exact) mass is 281 g/mol. The first-order valence-corrected chi connectivity index (χ1v) is 7.97. The van der Waals surface area contributed by atoms with Crippen molar-refractivity contribution >= 4 is 22.7 Å². The van der Waals surface area contributed by atoms with E-state index in [-0.39, 0.29) is 0 Å². The number of aliphatic hydroxyl groups is 1. The van der Waals surface area contributed by atoms with Gasteiger partial charge in [0.25, 0.3) is 0 Å². The molecule has 0 aromatic carbocycles. The van der Waals surface area contributed by atoms with Crippen LogP contribution in [0.2, 0.25) is 0 Å². The van der Waals surface area contributed by atoms with Gasteiger partial charge >= 0.3 is 0 Å². The molecule has 0 fully saturated rings. The van der Waals surface area contributed by atoms with Crippen molar-refractivity contribution in [2.75, 3.05) is 6.54 Å². The van der Waals surface area contributed by atoms with E-state index in [0.717, 1.165) is 5.56 Å². The Bertz CT molecular complexity index is 436. The van der Waals surface area contributed by atoms with Gasteiger partial charge in [-0.05, 0) is 39.8 Å². The summed E-state index contributed by atoms with van der Waals surface area (Å²) in [5.74, 6) is 0.512. The van der Waals surface area contributed by atoms with Crippen molar-refractivity contribution in [3.05, 3.63) is 44.8 Å². The minimum atomic E-state index is -0.419. The molecule has 2 unspecified atom stereocenters. The van der Waals surface area contributed by atoms with E-state index < -0.39 is 6.10 Å². The van der Waals surface area contributed by atoms with Crippen LogP contribution in [-0.2, 0) is 0 Å². The summed E-state index contributed by atoms with van der Waals surface area (Å²) < 4.78 is 0. The molecule has 2 heterocycles. The van der Waals surface area contributed by atoms with Gasteiger partial charge in [0, 0.05) is 17.5 Å². The zero-order valence-corrected chi connectivity index (χ0v) is 12.3. The number of rotatable bonds is 6. The molecule has 0 aliphatic rings. The summed E-state index contributed by atoms with van der Waals surface area (Å²) in [5.41, 5.74) is 1.00. The second kappa shape index (κ2) is 6.48. The van der Waals surface area contributed by atoms with Gasteiger partial charge in [0.15, 0.2) is 0 Å². The molecule has 2 aromatic rings. The van der Waals surface area contributed by atoms with Crippen LogP contribution in [0.1, 0.15) is 36.4 Å². The van der Waals surface area contributed by atoms with Crippen LogP contribution in [0.3, 0.4) is 0 Å². The Morgan fingerprint density at radius 3 is 2.67 bits per heavy atom. The average molecular weight is 281 g/mol. The molecule has 4 heteroatoms. The number of nitrogens with one attached hydrogen (secondary N) is 1. The molecule has 0 radical (unpaired) electrons. The first-order chi connectivity index (χ1) is 8.68. The molecule has 2 N–H and O–H groups in total. The SMILES string of the molecule is CC(C)C(NCC(O)c1ccsc1)c1cccs1. The van der Waals surface area contributed by atoms with Crippen LogP contribution in [0.25, 0.3) is 0 Å². The normalized spacial score (nSPS) is 14.9. The second-order valence-corrected chi connectivity index (χ2v) is 6.48. The van der Waals surface area contributed by atoms with Crippen molar-refractivity contribution in [3.8, 4) is 0 Å². The molecule has 18 heavy (non-hydrogen) atoms. The van der Waals surface area contributed by atoms with Crippen LogP contribution >= 0.6 is 22.7 Å². The van der Waals surface area contributed by atoms with Crippen molar-refractivity contribution in [1.29, 1.82) is 0 Å². The highest BCUT2D eigenvalue weighted by molar-refractivity contribution is 7.10. The van der Waals surface area contributed by atoms with Gasteiger partial charge in [0.2, 0.25) is 0 Å². The zero-order chi connectivity index (χ0) is 13.0. The lowest BCUT2D eigenvalue weighted by Crippen LogP contribution is -2.29. The first-order valence-electron chi connectivity index (χ1n) is 6.15. The Morgan fingerprint density at radius 1 is 1.28 bits per heavy atom. The summed E-state index contributed by atoms with van der Waals surface area (Å²) in [6.45, 7) is 5.00.